The number of carbonyl (C=O) groups excluding carboxylic acids is 1. The lowest BCUT2D eigenvalue weighted by atomic mass is 9.84. The molecule has 0 saturated carbocycles. The van der Waals surface area contributed by atoms with Crippen LogP contribution in [-0.2, 0) is 14.9 Å². The van der Waals surface area contributed by atoms with Crippen molar-refractivity contribution in [3.8, 4) is 0 Å². The highest BCUT2D eigenvalue weighted by molar-refractivity contribution is 6.30. The van der Waals surface area contributed by atoms with Crippen molar-refractivity contribution in [2.45, 2.75) is 44.3 Å². The quantitative estimate of drug-likeness (QED) is 0.876. The van der Waals surface area contributed by atoms with Gasteiger partial charge in [-0.25, -0.2) is 0 Å². The maximum absolute atomic E-state index is 12.1. The Morgan fingerprint density at radius 1 is 1.38 bits per heavy atom. The van der Waals surface area contributed by atoms with Gasteiger partial charge in [-0.05, 0) is 30.5 Å². The Kier molecular flexibility index (Phi) is 5.25. The summed E-state index contributed by atoms with van der Waals surface area (Å²) >= 11 is 5.91. The van der Waals surface area contributed by atoms with Crippen LogP contribution in [0.3, 0.4) is 0 Å². The minimum absolute atomic E-state index is 0.0185. The Balaban J connectivity index is 1.89. The number of nitrogens with two attached hydrogens (primary N) is 1. The van der Waals surface area contributed by atoms with Gasteiger partial charge in [0.1, 0.15) is 6.10 Å². The third-order valence-electron chi connectivity index (χ3n) is 3.99. The van der Waals surface area contributed by atoms with E-state index >= 15 is 0 Å². The SMILES string of the molecule is CC(C)(CNC(=O)[C@@H]1CC[C@H](CN)O1)c1ccc(Cl)cc1. The maximum Gasteiger partial charge on any atom is 0.249 e. The Morgan fingerprint density at radius 3 is 2.62 bits per heavy atom. The Bertz CT molecular complexity index is 488. The molecular formula is C16H23ClN2O2. The smallest absolute Gasteiger partial charge is 0.249 e. The predicted octanol–water partition coefficient (Wildman–Crippen LogP) is 2.24. The third kappa shape index (κ3) is 4.19. The van der Waals surface area contributed by atoms with Gasteiger partial charge in [0.25, 0.3) is 0 Å². The number of hydrogen-bond donors (Lipinski definition) is 2. The molecule has 0 aliphatic carbocycles. The molecule has 0 unspecified atom stereocenters. The summed E-state index contributed by atoms with van der Waals surface area (Å²) in [4.78, 5) is 12.1. The molecule has 0 spiro atoms. The summed E-state index contributed by atoms with van der Waals surface area (Å²) in [6.45, 7) is 5.21. The van der Waals surface area contributed by atoms with E-state index in [1.54, 1.807) is 0 Å². The second kappa shape index (κ2) is 6.77. The molecule has 1 fully saturated rings. The first-order valence-corrected chi connectivity index (χ1v) is 7.69. The average Bonchev–Trinajstić information content (AvgIpc) is 2.94. The summed E-state index contributed by atoms with van der Waals surface area (Å²) in [6.07, 6.45) is 1.26. The molecule has 5 heteroatoms. The van der Waals surface area contributed by atoms with E-state index in [1.165, 1.54) is 0 Å². The molecule has 21 heavy (non-hydrogen) atoms. The molecule has 3 N–H and O–H groups in total. The predicted molar refractivity (Wildman–Crippen MR) is 84.4 cm³/mol. The zero-order chi connectivity index (χ0) is 15.5. The average molecular weight is 311 g/mol. The normalized spacial score (nSPS) is 22.3. The molecule has 0 aromatic heterocycles. The fourth-order valence-electron chi connectivity index (χ4n) is 2.50. The van der Waals surface area contributed by atoms with Crippen LogP contribution < -0.4 is 11.1 Å². The standard InChI is InChI=1S/C16H23ClN2O2/c1-16(2,11-3-5-12(17)6-4-11)10-19-15(20)14-8-7-13(9-18)21-14/h3-6,13-14H,7-10,18H2,1-2H3,(H,19,20)/t13-,14+/m1/s1. The number of benzene rings is 1. The van der Waals surface area contributed by atoms with Crippen LogP contribution in [-0.4, -0.2) is 31.2 Å². The van der Waals surface area contributed by atoms with E-state index in [2.05, 4.69) is 19.2 Å². The van der Waals surface area contributed by atoms with Crippen LogP contribution in [0.5, 0.6) is 0 Å². The molecule has 2 rings (SSSR count). The molecule has 1 amide bonds. The molecule has 1 aromatic carbocycles. The molecule has 1 heterocycles. The van der Waals surface area contributed by atoms with Crippen LogP contribution in [0, 0.1) is 0 Å². The van der Waals surface area contributed by atoms with Gasteiger partial charge in [0.05, 0.1) is 6.10 Å². The van der Waals surface area contributed by atoms with E-state index in [-0.39, 0.29) is 23.5 Å². The van der Waals surface area contributed by atoms with Crippen LogP contribution in [0.1, 0.15) is 32.3 Å². The van der Waals surface area contributed by atoms with Crippen molar-refractivity contribution in [1.29, 1.82) is 0 Å². The van der Waals surface area contributed by atoms with Gasteiger partial charge >= 0.3 is 0 Å². The van der Waals surface area contributed by atoms with Gasteiger partial charge in [0.2, 0.25) is 5.91 Å². The number of carbonyl (C=O) groups is 1. The lowest BCUT2D eigenvalue weighted by Crippen LogP contribution is -2.42. The molecule has 116 valence electrons. The van der Waals surface area contributed by atoms with E-state index in [0.717, 1.165) is 18.4 Å². The fourth-order valence-corrected chi connectivity index (χ4v) is 2.62. The fraction of sp³-hybridized carbons (Fsp3) is 0.562. The van der Waals surface area contributed by atoms with Crippen LogP contribution in [0.2, 0.25) is 5.02 Å². The van der Waals surface area contributed by atoms with Crippen molar-refractivity contribution in [2.75, 3.05) is 13.1 Å². The summed E-state index contributed by atoms with van der Waals surface area (Å²) in [5.74, 6) is -0.0482. The second-order valence-electron chi connectivity index (χ2n) is 6.17. The van der Waals surface area contributed by atoms with Gasteiger partial charge < -0.3 is 15.8 Å². The van der Waals surface area contributed by atoms with E-state index in [0.29, 0.717) is 18.1 Å². The van der Waals surface area contributed by atoms with Crippen molar-refractivity contribution in [2.24, 2.45) is 5.73 Å². The highest BCUT2D eigenvalue weighted by Crippen LogP contribution is 2.24. The molecule has 0 radical (unpaired) electrons. The van der Waals surface area contributed by atoms with Gasteiger partial charge in [-0.2, -0.15) is 0 Å². The van der Waals surface area contributed by atoms with Crippen LogP contribution in [0.4, 0.5) is 0 Å². The van der Waals surface area contributed by atoms with E-state index < -0.39 is 0 Å². The first kappa shape index (κ1) is 16.3. The van der Waals surface area contributed by atoms with E-state index in [9.17, 15) is 4.79 Å². The van der Waals surface area contributed by atoms with Gasteiger partial charge in [-0.15, -0.1) is 0 Å². The Labute approximate surface area is 131 Å². The highest BCUT2D eigenvalue weighted by atomic mass is 35.5. The first-order chi connectivity index (χ1) is 9.92. The molecule has 4 nitrogen and oxygen atoms in total. The van der Waals surface area contributed by atoms with Crippen LogP contribution in [0.15, 0.2) is 24.3 Å². The molecule has 1 aliphatic heterocycles. The molecular weight excluding hydrogens is 288 g/mol. The molecule has 1 aliphatic rings. The number of hydrogen-bond acceptors (Lipinski definition) is 3. The number of rotatable bonds is 5. The zero-order valence-electron chi connectivity index (χ0n) is 12.6. The second-order valence-corrected chi connectivity index (χ2v) is 6.60. The maximum atomic E-state index is 12.1. The third-order valence-corrected chi connectivity index (χ3v) is 4.25. The summed E-state index contributed by atoms with van der Waals surface area (Å²) in [5.41, 5.74) is 6.54. The topological polar surface area (TPSA) is 64.4 Å². The van der Waals surface area contributed by atoms with Crippen LogP contribution in [0.25, 0.3) is 0 Å². The summed E-state index contributed by atoms with van der Waals surface area (Å²) in [5, 5.41) is 3.70. The van der Waals surface area contributed by atoms with E-state index in [4.69, 9.17) is 22.1 Å². The zero-order valence-corrected chi connectivity index (χ0v) is 13.3. The van der Waals surface area contributed by atoms with Gasteiger partial charge in [0.15, 0.2) is 0 Å². The summed E-state index contributed by atoms with van der Waals surface area (Å²) in [7, 11) is 0. The Morgan fingerprint density at radius 2 is 2.05 bits per heavy atom. The van der Waals surface area contributed by atoms with Crippen molar-refractivity contribution in [3.63, 3.8) is 0 Å². The molecule has 1 saturated heterocycles. The Hall–Kier alpha value is -1.10. The lowest BCUT2D eigenvalue weighted by Gasteiger charge is -2.26. The van der Waals surface area contributed by atoms with Gasteiger partial charge in [0, 0.05) is 23.5 Å². The van der Waals surface area contributed by atoms with Crippen molar-refractivity contribution >= 4 is 17.5 Å². The number of amides is 1. The minimum atomic E-state index is -0.362. The molecule has 0 bridgehead atoms. The lowest BCUT2D eigenvalue weighted by molar-refractivity contribution is -0.132. The van der Waals surface area contributed by atoms with E-state index in [1.807, 2.05) is 24.3 Å². The number of nitrogens with one attached hydrogen (secondary N) is 1. The summed E-state index contributed by atoms with van der Waals surface area (Å²) in [6, 6.07) is 7.72. The van der Waals surface area contributed by atoms with Crippen LogP contribution >= 0.6 is 11.6 Å². The monoisotopic (exact) mass is 310 g/mol. The van der Waals surface area contributed by atoms with Crippen molar-refractivity contribution < 1.29 is 9.53 Å². The molecule has 1 aromatic rings. The minimum Gasteiger partial charge on any atom is -0.364 e. The first-order valence-electron chi connectivity index (χ1n) is 7.31. The number of halogens is 1. The van der Waals surface area contributed by atoms with Gasteiger partial charge in [-0.1, -0.05) is 37.6 Å². The molecule has 2 atom stereocenters. The summed E-state index contributed by atoms with van der Waals surface area (Å²) < 4.78 is 5.60. The highest BCUT2D eigenvalue weighted by Gasteiger charge is 2.31. The number of ether oxygens (including phenoxy) is 1. The van der Waals surface area contributed by atoms with Gasteiger partial charge in [-0.3, -0.25) is 4.79 Å². The van der Waals surface area contributed by atoms with Crippen molar-refractivity contribution in [3.05, 3.63) is 34.9 Å². The van der Waals surface area contributed by atoms with Crippen molar-refractivity contribution in [1.82, 2.24) is 5.32 Å². The largest absolute Gasteiger partial charge is 0.364 e.